The largest absolute Gasteiger partial charge is 0.373 e. The standard InChI is InChI=1S/C12H18OS/c1-8-11-9(5-6-13-8)7-10(14-11)12(2,3)4/h7-8H,5-6H2,1-4H3. The molecule has 2 rings (SSSR count). The summed E-state index contributed by atoms with van der Waals surface area (Å²) in [5, 5.41) is 0. The SMILES string of the molecule is CC1OCCc2cc(C(C)(C)C)sc21. The fourth-order valence-corrected chi connectivity index (χ4v) is 3.04. The molecular formula is C12H18OS. The Kier molecular flexibility index (Phi) is 2.44. The van der Waals surface area contributed by atoms with E-state index in [1.165, 1.54) is 15.3 Å². The van der Waals surface area contributed by atoms with Crippen LogP contribution in [-0.2, 0) is 16.6 Å². The molecular weight excluding hydrogens is 192 g/mol. The molecule has 0 amide bonds. The van der Waals surface area contributed by atoms with Crippen LogP contribution < -0.4 is 0 Å². The van der Waals surface area contributed by atoms with Gasteiger partial charge in [-0.25, -0.2) is 0 Å². The van der Waals surface area contributed by atoms with E-state index in [1.54, 1.807) is 0 Å². The Balaban J connectivity index is 2.40. The van der Waals surface area contributed by atoms with Gasteiger partial charge in [0.05, 0.1) is 12.7 Å². The molecule has 2 heteroatoms. The molecule has 1 unspecified atom stereocenters. The molecule has 0 saturated carbocycles. The third-order valence-corrected chi connectivity index (χ3v) is 4.45. The van der Waals surface area contributed by atoms with E-state index >= 15 is 0 Å². The molecule has 0 fully saturated rings. The Bertz CT molecular complexity index is 333. The Morgan fingerprint density at radius 1 is 1.43 bits per heavy atom. The van der Waals surface area contributed by atoms with Crippen LogP contribution in [0.4, 0.5) is 0 Å². The van der Waals surface area contributed by atoms with E-state index in [1.807, 2.05) is 11.3 Å². The highest BCUT2D eigenvalue weighted by molar-refractivity contribution is 7.12. The molecule has 78 valence electrons. The highest BCUT2D eigenvalue weighted by Gasteiger charge is 2.24. The van der Waals surface area contributed by atoms with Crippen molar-refractivity contribution in [3.05, 3.63) is 21.4 Å². The number of hydrogen-bond acceptors (Lipinski definition) is 2. The summed E-state index contributed by atoms with van der Waals surface area (Å²) in [6.07, 6.45) is 1.39. The zero-order valence-electron chi connectivity index (χ0n) is 9.39. The summed E-state index contributed by atoms with van der Waals surface area (Å²) in [6, 6.07) is 2.37. The second kappa shape index (κ2) is 3.35. The Morgan fingerprint density at radius 3 is 2.71 bits per heavy atom. The van der Waals surface area contributed by atoms with Crippen LogP contribution in [0.3, 0.4) is 0 Å². The Labute approximate surface area is 90.1 Å². The lowest BCUT2D eigenvalue weighted by molar-refractivity contribution is 0.0586. The van der Waals surface area contributed by atoms with Crippen molar-refractivity contribution in [1.82, 2.24) is 0 Å². The molecule has 0 N–H and O–H groups in total. The molecule has 0 saturated heterocycles. The number of rotatable bonds is 0. The van der Waals surface area contributed by atoms with Crippen molar-refractivity contribution in [2.75, 3.05) is 6.61 Å². The van der Waals surface area contributed by atoms with E-state index in [0.717, 1.165) is 13.0 Å². The smallest absolute Gasteiger partial charge is 0.0891 e. The third kappa shape index (κ3) is 1.73. The Morgan fingerprint density at radius 2 is 2.14 bits per heavy atom. The number of thiophene rings is 1. The van der Waals surface area contributed by atoms with Gasteiger partial charge in [-0.2, -0.15) is 0 Å². The quantitative estimate of drug-likeness (QED) is 0.634. The second-order valence-electron chi connectivity index (χ2n) is 5.01. The predicted octanol–water partition coefficient (Wildman–Crippen LogP) is 3.68. The highest BCUT2D eigenvalue weighted by atomic mass is 32.1. The van der Waals surface area contributed by atoms with Gasteiger partial charge in [0.2, 0.25) is 0 Å². The van der Waals surface area contributed by atoms with Gasteiger partial charge in [0.25, 0.3) is 0 Å². The topological polar surface area (TPSA) is 9.23 Å². The first-order valence-electron chi connectivity index (χ1n) is 5.23. The number of hydrogen-bond donors (Lipinski definition) is 0. The summed E-state index contributed by atoms with van der Waals surface area (Å²) < 4.78 is 5.64. The summed E-state index contributed by atoms with van der Waals surface area (Å²) in [5.74, 6) is 0. The monoisotopic (exact) mass is 210 g/mol. The van der Waals surface area contributed by atoms with Crippen LogP contribution in [0.5, 0.6) is 0 Å². The van der Waals surface area contributed by atoms with Gasteiger partial charge in [0, 0.05) is 9.75 Å². The molecule has 1 aliphatic heterocycles. The minimum Gasteiger partial charge on any atom is -0.373 e. The van der Waals surface area contributed by atoms with Crippen LogP contribution in [0.15, 0.2) is 6.07 Å². The molecule has 0 aliphatic carbocycles. The van der Waals surface area contributed by atoms with Crippen LogP contribution in [0.1, 0.15) is 49.1 Å². The molecule has 1 nitrogen and oxygen atoms in total. The summed E-state index contributed by atoms with van der Waals surface area (Å²) in [6.45, 7) is 9.86. The first kappa shape index (κ1) is 10.2. The summed E-state index contributed by atoms with van der Waals surface area (Å²) in [4.78, 5) is 2.93. The summed E-state index contributed by atoms with van der Waals surface area (Å²) in [5.41, 5.74) is 1.79. The summed E-state index contributed by atoms with van der Waals surface area (Å²) >= 11 is 1.93. The summed E-state index contributed by atoms with van der Waals surface area (Å²) in [7, 11) is 0. The minimum atomic E-state index is 0.279. The van der Waals surface area contributed by atoms with Crippen molar-refractivity contribution in [2.24, 2.45) is 0 Å². The highest BCUT2D eigenvalue weighted by Crippen LogP contribution is 2.38. The van der Waals surface area contributed by atoms with Crippen molar-refractivity contribution < 1.29 is 4.74 Å². The normalized spacial score (nSPS) is 22.1. The molecule has 1 aliphatic rings. The third-order valence-electron chi connectivity index (χ3n) is 2.69. The lowest BCUT2D eigenvalue weighted by Gasteiger charge is -2.18. The van der Waals surface area contributed by atoms with Crippen LogP contribution >= 0.6 is 11.3 Å². The second-order valence-corrected chi connectivity index (χ2v) is 6.10. The van der Waals surface area contributed by atoms with E-state index in [9.17, 15) is 0 Å². The molecule has 0 bridgehead atoms. The van der Waals surface area contributed by atoms with Gasteiger partial charge in [-0.3, -0.25) is 0 Å². The van der Waals surface area contributed by atoms with E-state index in [-0.39, 0.29) is 5.41 Å². The minimum absolute atomic E-state index is 0.279. The zero-order chi connectivity index (χ0) is 10.3. The van der Waals surface area contributed by atoms with Crippen LogP contribution in [0.25, 0.3) is 0 Å². The lowest BCUT2D eigenvalue weighted by atomic mass is 9.93. The van der Waals surface area contributed by atoms with Gasteiger partial charge < -0.3 is 4.74 Å². The molecule has 14 heavy (non-hydrogen) atoms. The van der Waals surface area contributed by atoms with Crippen molar-refractivity contribution >= 4 is 11.3 Å². The average Bonchev–Trinajstić information content (AvgIpc) is 2.48. The van der Waals surface area contributed by atoms with Crippen molar-refractivity contribution in [3.63, 3.8) is 0 Å². The molecule has 0 radical (unpaired) electrons. The van der Waals surface area contributed by atoms with Crippen LogP contribution in [0, 0.1) is 0 Å². The van der Waals surface area contributed by atoms with Gasteiger partial charge in [-0.1, -0.05) is 20.8 Å². The first-order chi connectivity index (χ1) is 6.48. The van der Waals surface area contributed by atoms with E-state index in [2.05, 4.69) is 33.8 Å². The molecule has 1 aromatic heterocycles. The van der Waals surface area contributed by atoms with E-state index < -0.39 is 0 Å². The van der Waals surface area contributed by atoms with Gasteiger partial charge in [-0.15, -0.1) is 11.3 Å². The van der Waals surface area contributed by atoms with Crippen LogP contribution in [0.2, 0.25) is 0 Å². The maximum absolute atomic E-state index is 5.64. The maximum atomic E-state index is 5.64. The lowest BCUT2D eigenvalue weighted by Crippen LogP contribution is -2.10. The van der Waals surface area contributed by atoms with Gasteiger partial charge in [0.1, 0.15) is 0 Å². The molecule has 0 aromatic carbocycles. The average molecular weight is 210 g/mol. The van der Waals surface area contributed by atoms with Gasteiger partial charge >= 0.3 is 0 Å². The Hall–Kier alpha value is -0.340. The van der Waals surface area contributed by atoms with E-state index in [0.29, 0.717) is 6.10 Å². The van der Waals surface area contributed by atoms with Crippen LogP contribution in [-0.4, -0.2) is 6.61 Å². The van der Waals surface area contributed by atoms with E-state index in [4.69, 9.17) is 4.74 Å². The number of fused-ring (bicyclic) bond motifs is 1. The molecule has 1 atom stereocenters. The molecule has 2 heterocycles. The van der Waals surface area contributed by atoms with Gasteiger partial charge in [0.15, 0.2) is 0 Å². The molecule has 1 aromatic rings. The van der Waals surface area contributed by atoms with Crippen molar-refractivity contribution in [3.8, 4) is 0 Å². The van der Waals surface area contributed by atoms with Crippen molar-refractivity contribution in [1.29, 1.82) is 0 Å². The predicted molar refractivity (Wildman–Crippen MR) is 61.1 cm³/mol. The first-order valence-corrected chi connectivity index (χ1v) is 6.05. The fraction of sp³-hybridized carbons (Fsp3) is 0.667. The fourth-order valence-electron chi connectivity index (χ4n) is 1.77. The number of ether oxygens (including phenoxy) is 1. The maximum Gasteiger partial charge on any atom is 0.0891 e. The molecule has 0 spiro atoms. The van der Waals surface area contributed by atoms with Gasteiger partial charge in [-0.05, 0) is 30.4 Å². The zero-order valence-corrected chi connectivity index (χ0v) is 10.2. The van der Waals surface area contributed by atoms with Crippen molar-refractivity contribution in [2.45, 2.75) is 45.6 Å².